The molecule has 0 spiro atoms. The first-order chi connectivity index (χ1) is 10.7. The van der Waals surface area contributed by atoms with Gasteiger partial charge in [-0.1, -0.05) is 30.3 Å². The number of benzene rings is 1. The molecule has 4 fully saturated rings. The van der Waals surface area contributed by atoms with Crippen molar-refractivity contribution in [2.45, 2.75) is 63.8 Å². The Balaban J connectivity index is 1.27. The van der Waals surface area contributed by atoms with Crippen molar-refractivity contribution in [2.75, 3.05) is 6.61 Å². The summed E-state index contributed by atoms with van der Waals surface area (Å²) in [7, 11) is 0. The van der Waals surface area contributed by atoms with Gasteiger partial charge in [0.2, 0.25) is 0 Å². The first-order valence-corrected chi connectivity index (χ1v) is 9.00. The third kappa shape index (κ3) is 3.09. The van der Waals surface area contributed by atoms with Crippen molar-refractivity contribution < 1.29 is 9.47 Å². The van der Waals surface area contributed by atoms with Gasteiger partial charge in [-0.3, -0.25) is 0 Å². The average Bonchev–Trinajstić information content (AvgIpc) is 2.51. The van der Waals surface area contributed by atoms with Gasteiger partial charge in [-0.25, -0.2) is 0 Å². The smallest absolute Gasteiger partial charge is 0.0785 e. The molecule has 4 aliphatic rings. The van der Waals surface area contributed by atoms with Gasteiger partial charge in [0.1, 0.15) is 0 Å². The van der Waals surface area contributed by atoms with Crippen molar-refractivity contribution in [3.63, 3.8) is 0 Å². The van der Waals surface area contributed by atoms with Crippen LogP contribution >= 0.6 is 0 Å². The van der Waals surface area contributed by atoms with Crippen molar-refractivity contribution in [1.82, 2.24) is 0 Å². The van der Waals surface area contributed by atoms with Gasteiger partial charge in [0, 0.05) is 0 Å². The molecule has 0 N–H and O–H groups in total. The minimum atomic E-state index is 0.174. The SMILES string of the molecule is CC(COC12CC3CC(CC(C3)C1)C2)OCc1ccccc1. The van der Waals surface area contributed by atoms with E-state index >= 15 is 0 Å². The van der Waals surface area contributed by atoms with Gasteiger partial charge in [-0.2, -0.15) is 0 Å². The lowest BCUT2D eigenvalue weighted by atomic mass is 9.54. The maximum Gasteiger partial charge on any atom is 0.0785 e. The molecule has 2 heteroatoms. The minimum absolute atomic E-state index is 0.174. The highest BCUT2D eigenvalue weighted by molar-refractivity contribution is 5.13. The molecule has 1 unspecified atom stereocenters. The first kappa shape index (κ1) is 14.7. The zero-order valence-corrected chi connectivity index (χ0v) is 13.7. The molecule has 1 aromatic rings. The largest absolute Gasteiger partial charge is 0.372 e. The van der Waals surface area contributed by atoms with Crippen molar-refractivity contribution in [1.29, 1.82) is 0 Å². The van der Waals surface area contributed by atoms with Crippen LogP contribution in [0.2, 0.25) is 0 Å². The Bertz CT molecular complexity index is 460. The van der Waals surface area contributed by atoms with Crippen LogP contribution in [0, 0.1) is 17.8 Å². The second-order valence-electron chi connectivity index (χ2n) is 8.02. The molecule has 0 aromatic heterocycles. The molecule has 0 heterocycles. The predicted octanol–water partition coefficient (Wildman–Crippen LogP) is 4.58. The standard InChI is InChI=1S/C20H28O2/c1-15(21-14-16-5-3-2-4-6-16)13-22-20-10-17-7-18(11-20)9-19(8-17)12-20/h2-6,15,17-19H,7-14H2,1H3. The van der Waals surface area contributed by atoms with Gasteiger partial charge >= 0.3 is 0 Å². The Morgan fingerprint density at radius 1 is 1.00 bits per heavy atom. The van der Waals surface area contributed by atoms with Crippen LogP contribution in [0.25, 0.3) is 0 Å². The molecule has 0 aliphatic heterocycles. The second-order valence-corrected chi connectivity index (χ2v) is 8.02. The maximum absolute atomic E-state index is 6.47. The lowest BCUT2D eigenvalue weighted by molar-refractivity contribution is -0.178. The summed E-state index contributed by atoms with van der Waals surface area (Å²) in [5.74, 6) is 2.85. The Hall–Kier alpha value is -0.860. The van der Waals surface area contributed by atoms with Crippen molar-refractivity contribution in [3.8, 4) is 0 Å². The first-order valence-electron chi connectivity index (χ1n) is 9.00. The fourth-order valence-corrected chi connectivity index (χ4v) is 5.36. The summed E-state index contributed by atoms with van der Waals surface area (Å²) < 4.78 is 12.4. The Morgan fingerprint density at radius 2 is 1.59 bits per heavy atom. The van der Waals surface area contributed by atoms with Gasteiger partial charge < -0.3 is 9.47 Å². The van der Waals surface area contributed by atoms with E-state index in [9.17, 15) is 0 Å². The Morgan fingerprint density at radius 3 is 2.18 bits per heavy atom. The molecule has 1 atom stereocenters. The van der Waals surface area contributed by atoms with Gasteiger partial charge in [-0.15, -0.1) is 0 Å². The molecular weight excluding hydrogens is 272 g/mol. The molecule has 4 saturated carbocycles. The van der Waals surface area contributed by atoms with Crippen molar-refractivity contribution in [3.05, 3.63) is 35.9 Å². The monoisotopic (exact) mass is 300 g/mol. The van der Waals surface area contributed by atoms with Gasteiger partial charge in [0.15, 0.2) is 0 Å². The topological polar surface area (TPSA) is 18.5 Å². The Kier molecular flexibility index (Phi) is 4.00. The summed E-state index contributed by atoms with van der Waals surface area (Å²) >= 11 is 0. The highest BCUT2D eigenvalue weighted by Gasteiger charge is 2.51. The fourth-order valence-electron chi connectivity index (χ4n) is 5.36. The van der Waals surface area contributed by atoms with Crippen LogP contribution in [0.4, 0.5) is 0 Å². The summed E-state index contributed by atoms with van der Waals surface area (Å²) in [5.41, 5.74) is 1.45. The van der Waals surface area contributed by atoms with Crippen LogP contribution in [0.15, 0.2) is 30.3 Å². The average molecular weight is 300 g/mol. The second kappa shape index (κ2) is 5.98. The molecule has 1 aromatic carbocycles. The Labute approximate surface area is 134 Å². The lowest BCUT2D eigenvalue weighted by Gasteiger charge is -2.56. The van der Waals surface area contributed by atoms with Crippen LogP contribution in [-0.4, -0.2) is 18.3 Å². The van der Waals surface area contributed by atoms with E-state index in [1.807, 2.05) is 6.07 Å². The summed E-state index contributed by atoms with van der Waals surface area (Å²) in [6.07, 6.45) is 8.53. The number of rotatable bonds is 6. The quantitative estimate of drug-likeness (QED) is 0.765. The van der Waals surface area contributed by atoms with E-state index in [1.165, 1.54) is 44.1 Å². The molecular formula is C20H28O2. The molecule has 5 rings (SSSR count). The summed E-state index contributed by atoms with van der Waals surface area (Å²) in [6, 6.07) is 10.4. The maximum atomic E-state index is 6.47. The molecule has 4 aliphatic carbocycles. The zero-order valence-electron chi connectivity index (χ0n) is 13.7. The van der Waals surface area contributed by atoms with Gasteiger partial charge in [0.05, 0.1) is 24.9 Å². The molecule has 0 saturated heterocycles. The highest BCUT2D eigenvalue weighted by atomic mass is 16.5. The van der Waals surface area contributed by atoms with E-state index in [0.29, 0.717) is 6.61 Å². The van der Waals surface area contributed by atoms with E-state index in [4.69, 9.17) is 9.47 Å². The molecule has 120 valence electrons. The van der Waals surface area contributed by atoms with Crippen molar-refractivity contribution >= 4 is 0 Å². The van der Waals surface area contributed by atoms with E-state index < -0.39 is 0 Å². The normalized spacial score (nSPS) is 37.4. The number of ether oxygens (including phenoxy) is 2. The minimum Gasteiger partial charge on any atom is -0.372 e. The van der Waals surface area contributed by atoms with Crippen molar-refractivity contribution in [2.24, 2.45) is 17.8 Å². The molecule has 4 bridgehead atoms. The number of hydrogen-bond donors (Lipinski definition) is 0. The van der Waals surface area contributed by atoms with Crippen LogP contribution in [-0.2, 0) is 16.1 Å². The predicted molar refractivity (Wildman–Crippen MR) is 87.5 cm³/mol. The molecule has 0 radical (unpaired) electrons. The molecule has 2 nitrogen and oxygen atoms in total. The summed E-state index contributed by atoms with van der Waals surface area (Å²) in [4.78, 5) is 0. The lowest BCUT2D eigenvalue weighted by Crippen LogP contribution is -2.52. The summed E-state index contributed by atoms with van der Waals surface area (Å²) in [5, 5.41) is 0. The van der Waals surface area contributed by atoms with Gasteiger partial charge in [-0.05, 0) is 68.8 Å². The molecule has 22 heavy (non-hydrogen) atoms. The van der Waals surface area contributed by atoms with Crippen LogP contribution < -0.4 is 0 Å². The van der Waals surface area contributed by atoms with Crippen LogP contribution in [0.5, 0.6) is 0 Å². The molecule has 0 amide bonds. The van der Waals surface area contributed by atoms with E-state index in [0.717, 1.165) is 24.4 Å². The van der Waals surface area contributed by atoms with E-state index in [2.05, 4.69) is 31.2 Å². The van der Waals surface area contributed by atoms with Gasteiger partial charge in [0.25, 0.3) is 0 Å². The van der Waals surface area contributed by atoms with Crippen LogP contribution in [0.1, 0.15) is 51.0 Å². The highest BCUT2D eigenvalue weighted by Crippen LogP contribution is 2.57. The third-order valence-electron chi connectivity index (χ3n) is 5.98. The number of hydrogen-bond acceptors (Lipinski definition) is 2. The summed E-state index contributed by atoms with van der Waals surface area (Å²) in [6.45, 7) is 3.58. The zero-order chi connectivity index (χ0) is 15.0. The fraction of sp³-hybridized carbons (Fsp3) is 0.700. The van der Waals surface area contributed by atoms with E-state index in [1.54, 1.807) is 0 Å². The van der Waals surface area contributed by atoms with E-state index in [-0.39, 0.29) is 11.7 Å². The van der Waals surface area contributed by atoms with Crippen LogP contribution in [0.3, 0.4) is 0 Å². The third-order valence-corrected chi connectivity index (χ3v) is 5.98.